The van der Waals surface area contributed by atoms with Gasteiger partial charge in [0.2, 0.25) is 5.95 Å². The number of carbonyl (C=O) groups is 1. The van der Waals surface area contributed by atoms with E-state index in [-0.39, 0.29) is 5.01 Å². The molecule has 3 aromatic heterocycles. The maximum atomic E-state index is 11.1. The largest absolute Gasteiger partial charge is 0.364 e. The summed E-state index contributed by atoms with van der Waals surface area (Å²) in [5.41, 5.74) is 6.13. The van der Waals surface area contributed by atoms with E-state index in [0.29, 0.717) is 16.7 Å². The van der Waals surface area contributed by atoms with Gasteiger partial charge in [0.15, 0.2) is 5.01 Å². The second kappa shape index (κ2) is 6.73. The molecular formula is C16H15ClN6OS. The predicted octanol–water partition coefficient (Wildman–Crippen LogP) is 3.09. The van der Waals surface area contributed by atoms with Crippen LogP contribution in [0.5, 0.6) is 0 Å². The maximum Gasteiger partial charge on any atom is 0.277 e. The molecule has 0 spiro atoms. The van der Waals surface area contributed by atoms with Crippen molar-refractivity contribution in [3.8, 4) is 10.4 Å². The summed E-state index contributed by atoms with van der Waals surface area (Å²) in [5, 5.41) is 4.04. The first kappa shape index (κ1) is 17.2. The van der Waals surface area contributed by atoms with E-state index in [1.807, 2.05) is 13.8 Å². The molecule has 0 aliphatic rings. The van der Waals surface area contributed by atoms with Crippen molar-refractivity contribution in [1.29, 1.82) is 0 Å². The number of hydrogen-bond donors (Lipinski definition) is 2. The molecule has 1 amide bonds. The molecule has 0 unspecified atom stereocenters. The Bertz CT molecular complexity index is 909. The SMILES string of the molecule is CC(C)(Nc1ncc(-c2cnc(C(N)=O)s2)cn1)c1ncccc1Cl. The number of primary amides is 1. The minimum Gasteiger partial charge on any atom is -0.364 e. The fraction of sp³-hybridized carbons (Fsp3) is 0.188. The van der Waals surface area contributed by atoms with Gasteiger partial charge in [-0.15, -0.1) is 11.3 Å². The van der Waals surface area contributed by atoms with Gasteiger partial charge in [-0.05, 0) is 26.0 Å². The van der Waals surface area contributed by atoms with E-state index in [9.17, 15) is 4.79 Å². The van der Waals surface area contributed by atoms with Crippen LogP contribution in [0.2, 0.25) is 5.02 Å². The number of pyridine rings is 1. The number of hydrogen-bond acceptors (Lipinski definition) is 7. The molecule has 0 aliphatic carbocycles. The van der Waals surface area contributed by atoms with Crippen molar-refractivity contribution in [3.05, 3.63) is 52.6 Å². The molecule has 25 heavy (non-hydrogen) atoms. The van der Waals surface area contributed by atoms with Crippen LogP contribution in [0.25, 0.3) is 10.4 Å². The number of nitrogens with zero attached hydrogens (tertiary/aromatic N) is 4. The van der Waals surface area contributed by atoms with E-state index in [1.54, 1.807) is 36.9 Å². The van der Waals surface area contributed by atoms with Gasteiger partial charge in [0.25, 0.3) is 5.91 Å². The monoisotopic (exact) mass is 374 g/mol. The van der Waals surface area contributed by atoms with Gasteiger partial charge < -0.3 is 11.1 Å². The molecule has 3 heterocycles. The third-order valence-electron chi connectivity index (χ3n) is 3.43. The van der Waals surface area contributed by atoms with Gasteiger partial charge in [-0.3, -0.25) is 9.78 Å². The van der Waals surface area contributed by atoms with Crippen LogP contribution in [0.15, 0.2) is 36.9 Å². The zero-order valence-electron chi connectivity index (χ0n) is 13.5. The molecule has 0 radical (unpaired) electrons. The second-order valence-corrected chi connectivity index (χ2v) is 7.21. The number of nitrogens with two attached hydrogens (primary N) is 1. The van der Waals surface area contributed by atoms with Crippen molar-refractivity contribution in [2.45, 2.75) is 19.4 Å². The van der Waals surface area contributed by atoms with Crippen LogP contribution in [0.4, 0.5) is 5.95 Å². The molecule has 9 heteroatoms. The number of amides is 1. The van der Waals surface area contributed by atoms with Gasteiger partial charge in [-0.25, -0.2) is 15.0 Å². The van der Waals surface area contributed by atoms with E-state index >= 15 is 0 Å². The Hall–Kier alpha value is -2.58. The van der Waals surface area contributed by atoms with E-state index in [4.69, 9.17) is 17.3 Å². The zero-order chi connectivity index (χ0) is 18.0. The van der Waals surface area contributed by atoms with Crippen molar-refractivity contribution in [1.82, 2.24) is 19.9 Å². The molecule has 7 nitrogen and oxygen atoms in total. The molecular weight excluding hydrogens is 360 g/mol. The highest BCUT2D eigenvalue weighted by Gasteiger charge is 2.25. The third-order valence-corrected chi connectivity index (χ3v) is 4.79. The van der Waals surface area contributed by atoms with Crippen molar-refractivity contribution in [2.24, 2.45) is 5.73 Å². The highest BCUT2D eigenvalue weighted by molar-refractivity contribution is 7.16. The minimum atomic E-state index is -0.552. The molecule has 0 bridgehead atoms. The van der Waals surface area contributed by atoms with Crippen LogP contribution < -0.4 is 11.1 Å². The first-order valence-corrected chi connectivity index (χ1v) is 8.53. The van der Waals surface area contributed by atoms with Crippen LogP contribution >= 0.6 is 22.9 Å². The van der Waals surface area contributed by atoms with Gasteiger partial charge >= 0.3 is 0 Å². The Morgan fingerprint density at radius 1 is 1.20 bits per heavy atom. The average Bonchev–Trinajstić information content (AvgIpc) is 3.06. The lowest BCUT2D eigenvalue weighted by atomic mass is 10.00. The van der Waals surface area contributed by atoms with Gasteiger partial charge in [0.05, 0.1) is 21.1 Å². The van der Waals surface area contributed by atoms with Crippen molar-refractivity contribution in [3.63, 3.8) is 0 Å². The van der Waals surface area contributed by atoms with Gasteiger partial charge in [0, 0.05) is 30.4 Å². The van der Waals surface area contributed by atoms with Crippen LogP contribution in [-0.2, 0) is 5.54 Å². The Morgan fingerprint density at radius 3 is 2.52 bits per heavy atom. The summed E-state index contributed by atoms with van der Waals surface area (Å²) in [7, 11) is 0. The number of rotatable bonds is 5. The zero-order valence-corrected chi connectivity index (χ0v) is 15.1. The molecule has 0 atom stereocenters. The summed E-state index contributed by atoms with van der Waals surface area (Å²) < 4.78 is 0. The molecule has 0 saturated heterocycles. The lowest BCUT2D eigenvalue weighted by Crippen LogP contribution is -2.30. The maximum absolute atomic E-state index is 11.1. The van der Waals surface area contributed by atoms with Gasteiger partial charge in [-0.1, -0.05) is 11.6 Å². The Balaban J connectivity index is 1.80. The molecule has 0 aliphatic heterocycles. The molecule has 3 aromatic rings. The highest BCUT2D eigenvalue weighted by atomic mass is 35.5. The molecule has 0 saturated carbocycles. The molecule has 3 N–H and O–H groups in total. The summed E-state index contributed by atoms with van der Waals surface area (Å²) in [4.78, 5) is 28.8. The quantitative estimate of drug-likeness (QED) is 0.710. The number of carbonyl (C=O) groups excluding carboxylic acids is 1. The summed E-state index contributed by atoms with van der Waals surface area (Å²) in [6.45, 7) is 3.89. The molecule has 0 fully saturated rings. The molecule has 128 valence electrons. The normalized spacial score (nSPS) is 11.3. The Morgan fingerprint density at radius 2 is 1.92 bits per heavy atom. The van der Waals surface area contributed by atoms with Crippen LogP contribution in [0, 0.1) is 0 Å². The fourth-order valence-corrected chi connectivity index (χ4v) is 3.33. The Labute approximate surface area is 153 Å². The first-order valence-electron chi connectivity index (χ1n) is 7.34. The standard InChI is InChI=1S/C16H15ClN6OS/c1-16(2,12-10(17)4-3-5-19-12)23-15-21-6-9(7-22-15)11-8-20-14(25-11)13(18)24/h3-8H,1-2H3,(H2,18,24)(H,21,22,23). The summed E-state index contributed by atoms with van der Waals surface area (Å²) in [6, 6.07) is 3.57. The third kappa shape index (κ3) is 3.75. The lowest BCUT2D eigenvalue weighted by Gasteiger charge is -2.26. The van der Waals surface area contributed by atoms with Gasteiger partial charge in [-0.2, -0.15) is 0 Å². The number of halogens is 1. The average molecular weight is 375 g/mol. The first-order chi connectivity index (χ1) is 11.9. The number of anilines is 1. The molecule has 3 rings (SSSR count). The number of thiazole rings is 1. The topological polar surface area (TPSA) is 107 Å². The predicted molar refractivity (Wildman–Crippen MR) is 97.6 cm³/mol. The van der Waals surface area contributed by atoms with Crippen LogP contribution in [0.1, 0.15) is 29.3 Å². The molecule has 0 aromatic carbocycles. The smallest absolute Gasteiger partial charge is 0.277 e. The van der Waals surface area contributed by atoms with Gasteiger partial charge in [0.1, 0.15) is 0 Å². The van der Waals surface area contributed by atoms with Crippen LogP contribution in [-0.4, -0.2) is 25.8 Å². The van der Waals surface area contributed by atoms with E-state index < -0.39 is 11.4 Å². The van der Waals surface area contributed by atoms with Crippen molar-refractivity contribution in [2.75, 3.05) is 5.32 Å². The van der Waals surface area contributed by atoms with Crippen LogP contribution in [0.3, 0.4) is 0 Å². The minimum absolute atomic E-state index is 0.253. The van der Waals surface area contributed by atoms with Crippen molar-refractivity contribution < 1.29 is 4.79 Å². The van der Waals surface area contributed by atoms with E-state index in [2.05, 4.69) is 25.3 Å². The number of aromatic nitrogens is 4. The fourth-order valence-electron chi connectivity index (χ4n) is 2.23. The van der Waals surface area contributed by atoms with E-state index in [1.165, 1.54) is 11.3 Å². The van der Waals surface area contributed by atoms with E-state index in [0.717, 1.165) is 10.4 Å². The summed E-state index contributed by atoms with van der Waals surface area (Å²) in [5.74, 6) is -0.112. The Kier molecular flexibility index (Phi) is 4.65. The van der Waals surface area contributed by atoms with Crippen molar-refractivity contribution >= 4 is 34.8 Å². The summed E-state index contributed by atoms with van der Waals surface area (Å²) in [6.07, 6.45) is 6.58. The summed E-state index contributed by atoms with van der Waals surface area (Å²) >= 11 is 7.42. The number of nitrogens with one attached hydrogen (secondary N) is 1. The lowest BCUT2D eigenvalue weighted by molar-refractivity contribution is 0.1000. The second-order valence-electron chi connectivity index (χ2n) is 5.77. The highest BCUT2D eigenvalue weighted by Crippen LogP contribution is 2.29.